The maximum atomic E-state index is 12.8. The molecule has 11 heteroatoms. The molecule has 1 aromatic rings. The Bertz CT molecular complexity index is 762. The molecule has 154 valence electrons. The highest BCUT2D eigenvalue weighted by Gasteiger charge is 2.35. The fourth-order valence-corrected chi connectivity index (χ4v) is 4.50. The van der Waals surface area contributed by atoms with Crippen LogP contribution in [0.2, 0.25) is 0 Å². The SMILES string of the molecule is CC(C)OP(=O)(CO[C@H]1C[C@@H](Cn2ccc(=O)[nH]c2=O)N(C)O1)OC(C)C. The molecule has 0 aliphatic carbocycles. The first-order valence-corrected chi connectivity index (χ1v) is 10.6. The van der Waals surface area contributed by atoms with Gasteiger partial charge in [0.05, 0.1) is 18.2 Å². The lowest BCUT2D eigenvalue weighted by atomic mass is 10.2. The zero-order valence-corrected chi connectivity index (χ0v) is 17.2. The Morgan fingerprint density at radius 3 is 2.44 bits per heavy atom. The van der Waals surface area contributed by atoms with Crippen LogP contribution in [0.25, 0.3) is 0 Å². The predicted molar refractivity (Wildman–Crippen MR) is 98.4 cm³/mol. The summed E-state index contributed by atoms with van der Waals surface area (Å²) in [6.45, 7) is 7.40. The van der Waals surface area contributed by atoms with E-state index in [0.29, 0.717) is 13.0 Å². The van der Waals surface area contributed by atoms with Crippen LogP contribution < -0.4 is 11.2 Å². The van der Waals surface area contributed by atoms with E-state index in [-0.39, 0.29) is 24.6 Å². The highest BCUT2D eigenvalue weighted by molar-refractivity contribution is 7.53. The van der Waals surface area contributed by atoms with Gasteiger partial charge < -0.3 is 13.8 Å². The molecule has 0 unspecified atom stereocenters. The van der Waals surface area contributed by atoms with E-state index in [0.717, 1.165) is 0 Å². The second-order valence-electron chi connectivity index (χ2n) is 6.95. The molecule has 1 fully saturated rings. The van der Waals surface area contributed by atoms with Gasteiger partial charge in [-0.1, -0.05) is 0 Å². The molecule has 27 heavy (non-hydrogen) atoms. The monoisotopic (exact) mass is 405 g/mol. The molecule has 1 aromatic heterocycles. The number of aromatic nitrogens is 2. The van der Waals surface area contributed by atoms with Gasteiger partial charge in [-0.3, -0.25) is 23.7 Å². The maximum absolute atomic E-state index is 12.8. The molecule has 0 saturated carbocycles. The number of likely N-dealkylation sites (N-methyl/N-ethyl adjacent to an activating group) is 1. The van der Waals surface area contributed by atoms with Crippen LogP contribution in [0.1, 0.15) is 34.1 Å². The summed E-state index contributed by atoms with van der Waals surface area (Å²) in [6, 6.07) is 1.13. The normalized spacial score (nSPS) is 21.4. The number of H-pyrrole nitrogens is 1. The number of hydrogen-bond donors (Lipinski definition) is 1. The van der Waals surface area contributed by atoms with Gasteiger partial charge in [-0.25, -0.2) is 4.79 Å². The number of hydroxylamine groups is 2. The topological polar surface area (TPSA) is 112 Å². The van der Waals surface area contributed by atoms with E-state index in [4.69, 9.17) is 18.6 Å². The third-order valence-electron chi connectivity index (χ3n) is 3.73. The lowest BCUT2D eigenvalue weighted by Gasteiger charge is -2.23. The quantitative estimate of drug-likeness (QED) is 0.616. The van der Waals surface area contributed by atoms with Gasteiger partial charge in [-0.05, 0) is 27.7 Å². The van der Waals surface area contributed by atoms with Crippen molar-refractivity contribution in [3.63, 3.8) is 0 Å². The fourth-order valence-electron chi connectivity index (χ4n) is 2.69. The molecule has 0 radical (unpaired) electrons. The Morgan fingerprint density at radius 2 is 1.89 bits per heavy atom. The van der Waals surface area contributed by atoms with Gasteiger partial charge in [0.1, 0.15) is 0 Å². The Labute approximate surface area is 157 Å². The molecular weight excluding hydrogens is 377 g/mol. The van der Waals surface area contributed by atoms with Crippen molar-refractivity contribution in [3.8, 4) is 0 Å². The summed E-state index contributed by atoms with van der Waals surface area (Å²) in [7, 11) is -1.70. The Kier molecular flexibility index (Phi) is 7.55. The van der Waals surface area contributed by atoms with Crippen molar-refractivity contribution >= 4 is 7.60 Å². The average molecular weight is 405 g/mol. The molecule has 1 saturated heterocycles. The van der Waals surface area contributed by atoms with E-state index >= 15 is 0 Å². The fraction of sp³-hybridized carbons (Fsp3) is 0.750. The second kappa shape index (κ2) is 9.27. The minimum atomic E-state index is -3.42. The summed E-state index contributed by atoms with van der Waals surface area (Å²) in [4.78, 5) is 30.8. The highest BCUT2D eigenvalue weighted by Crippen LogP contribution is 2.50. The van der Waals surface area contributed by atoms with Gasteiger partial charge in [0, 0.05) is 32.3 Å². The highest BCUT2D eigenvalue weighted by atomic mass is 31.2. The van der Waals surface area contributed by atoms with Crippen LogP contribution in [0.4, 0.5) is 0 Å². The summed E-state index contributed by atoms with van der Waals surface area (Å²) < 4.78 is 30.7. The van der Waals surface area contributed by atoms with Crippen LogP contribution >= 0.6 is 7.60 Å². The Hall–Kier alpha value is -1.29. The number of aromatic amines is 1. The van der Waals surface area contributed by atoms with Crippen molar-refractivity contribution in [3.05, 3.63) is 33.1 Å². The van der Waals surface area contributed by atoms with Crippen molar-refractivity contribution < 1.29 is 23.2 Å². The molecule has 2 atom stereocenters. The molecule has 2 heterocycles. The van der Waals surface area contributed by atoms with Crippen LogP contribution in [0.15, 0.2) is 21.9 Å². The number of nitrogens with one attached hydrogen (secondary N) is 1. The van der Waals surface area contributed by atoms with Crippen molar-refractivity contribution in [1.29, 1.82) is 0 Å². The van der Waals surface area contributed by atoms with E-state index in [9.17, 15) is 14.2 Å². The third-order valence-corrected chi connectivity index (χ3v) is 5.68. The zero-order chi connectivity index (χ0) is 20.2. The first-order valence-electron chi connectivity index (χ1n) is 8.85. The first-order chi connectivity index (χ1) is 12.6. The molecule has 1 aliphatic heterocycles. The van der Waals surface area contributed by atoms with Crippen LogP contribution in [-0.4, -0.2) is 52.5 Å². The molecule has 10 nitrogen and oxygen atoms in total. The largest absolute Gasteiger partial charge is 0.356 e. The van der Waals surface area contributed by atoms with Crippen LogP contribution in [0.3, 0.4) is 0 Å². The molecular formula is C16H28N3O7P. The number of ether oxygens (including phenoxy) is 1. The van der Waals surface area contributed by atoms with E-state index in [1.54, 1.807) is 39.8 Å². The molecule has 2 rings (SSSR count). The summed E-state index contributed by atoms with van der Waals surface area (Å²) in [5.74, 6) is 0. The van der Waals surface area contributed by atoms with Crippen LogP contribution in [-0.2, 0) is 29.7 Å². The van der Waals surface area contributed by atoms with Gasteiger partial charge in [-0.15, -0.1) is 0 Å². The standard InChI is InChI=1S/C16H28N3O7P/c1-11(2)25-27(22,26-12(3)4)10-23-15-8-13(18(5)24-15)9-19-7-6-14(20)17-16(19)21/h6-7,11-13,15H,8-10H2,1-5H3,(H,17,20,21)/t13-,15+/m0/s1. The smallest absolute Gasteiger partial charge is 0.338 e. The van der Waals surface area contributed by atoms with E-state index in [2.05, 4.69) is 4.98 Å². The maximum Gasteiger partial charge on any atom is 0.356 e. The van der Waals surface area contributed by atoms with E-state index in [1.807, 2.05) is 0 Å². The summed E-state index contributed by atoms with van der Waals surface area (Å²) in [5.41, 5.74) is -0.931. The zero-order valence-electron chi connectivity index (χ0n) is 16.3. The minimum absolute atomic E-state index is 0.157. The van der Waals surface area contributed by atoms with Gasteiger partial charge in [0.15, 0.2) is 12.6 Å². The summed E-state index contributed by atoms with van der Waals surface area (Å²) >= 11 is 0. The lowest BCUT2D eigenvalue weighted by Crippen LogP contribution is -2.36. The molecule has 0 bridgehead atoms. The summed E-state index contributed by atoms with van der Waals surface area (Å²) in [6.07, 6.45) is 0.469. The number of rotatable bonds is 9. The van der Waals surface area contributed by atoms with E-state index in [1.165, 1.54) is 16.8 Å². The predicted octanol–water partition coefficient (Wildman–Crippen LogP) is 1.52. The van der Waals surface area contributed by atoms with Crippen molar-refractivity contribution in [2.45, 2.75) is 65.2 Å². The van der Waals surface area contributed by atoms with Gasteiger partial charge >= 0.3 is 13.3 Å². The number of hydrogen-bond acceptors (Lipinski definition) is 8. The van der Waals surface area contributed by atoms with Crippen LogP contribution in [0, 0.1) is 0 Å². The van der Waals surface area contributed by atoms with Crippen molar-refractivity contribution in [2.75, 3.05) is 13.4 Å². The first kappa shape index (κ1) is 22.0. The Balaban J connectivity index is 1.96. The molecule has 0 spiro atoms. The van der Waals surface area contributed by atoms with E-state index < -0.39 is 25.1 Å². The minimum Gasteiger partial charge on any atom is -0.338 e. The van der Waals surface area contributed by atoms with Gasteiger partial charge in [0.25, 0.3) is 5.56 Å². The van der Waals surface area contributed by atoms with Gasteiger partial charge in [-0.2, -0.15) is 5.06 Å². The average Bonchev–Trinajstić information content (AvgIpc) is 2.87. The van der Waals surface area contributed by atoms with Crippen LogP contribution in [0.5, 0.6) is 0 Å². The second-order valence-corrected chi connectivity index (χ2v) is 8.85. The molecule has 1 N–H and O–H groups in total. The lowest BCUT2D eigenvalue weighted by molar-refractivity contribution is -0.224. The van der Waals surface area contributed by atoms with Crippen molar-refractivity contribution in [1.82, 2.24) is 14.6 Å². The number of nitrogens with zero attached hydrogens (tertiary/aromatic N) is 2. The molecule has 0 aromatic carbocycles. The van der Waals surface area contributed by atoms with Crippen molar-refractivity contribution in [2.24, 2.45) is 0 Å². The molecule has 0 amide bonds. The molecule has 1 aliphatic rings. The Morgan fingerprint density at radius 1 is 1.26 bits per heavy atom. The summed E-state index contributed by atoms with van der Waals surface area (Å²) in [5, 5.41) is 1.58. The third kappa shape index (κ3) is 6.67. The van der Waals surface area contributed by atoms with Gasteiger partial charge in [0.2, 0.25) is 0 Å².